The highest BCUT2D eigenvalue weighted by molar-refractivity contribution is 7.89. The molecule has 0 amide bonds. The lowest BCUT2D eigenvalue weighted by Crippen LogP contribution is -2.33. The number of hydrogen-bond donors (Lipinski definition) is 2. The molecule has 1 fully saturated rings. The lowest BCUT2D eigenvalue weighted by Gasteiger charge is -2.06. The van der Waals surface area contributed by atoms with Gasteiger partial charge in [-0.1, -0.05) is 13.8 Å². The minimum absolute atomic E-state index is 0.189. The van der Waals surface area contributed by atoms with Crippen molar-refractivity contribution in [1.82, 2.24) is 10.0 Å². The third kappa shape index (κ3) is 5.49. The van der Waals surface area contributed by atoms with Gasteiger partial charge in [0.15, 0.2) is 0 Å². The molecule has 2 atom stereocenters. The molecule has 0 aromatic heterocycles. The molecule has 1 saturated carbocycles. The molecule has 1 rings (SSSR count). The average Bonchev–Trinajstić information content (AvgIpc) is 2.87. The van der Waals surface area contributed by atoms with E-state index in [9.17, 15) is 8.42 Å². The van der Waals surface area contributed by atoms with Crippen LogP contribution in [-0.2, 0) is 10.0 Å². The summed E-state index contributed by atoms with van der Waals surface area (Å²) < 4.78 is 25.6. The number of sulfonamides is 1. The summed E-state index contributed by atoms with van der Waals surface area (Å²) in [5.74, 6) is 1.46. The Morgan fingerprint density at radius 2 is 2.00 bits per heavy atom. The van der Waals surface area contributed by atoms with Gasteiger partial charge >= 0.3 is 0 Å². The quantitative estimate of drug-likeness (QED) is 0.603. The maximum absolute atomic E-state index is 11.5. The first-order valence-corrected chi connectivity index (χ1v) is 7.38. The predicted octanol–water partition coefficient (Wildman–Crippen LogP) is 0.561. The van der Waals surface area contributed by atoms with Gasteiger partial charge in [0.05, 0.1) is 5.75 Å². The Labute approximate surface area is 92.9 Å². The van der Waals surface area contributed by atoms with Crippen LogP contribution in [0.1, 0.15) is 26.7 Å². The first kappa shape index (κ1) is 12.9. The van der Waals surface area contributed by atoms with Crippen LogP contribution < -0.4 is 10.0 Å². The number of rotatable bonds is 8. The molecule has 0 aliphatic heterocycles. The second kappa shape index (κ2) is 5.82. The van der Waals surface area contributed by atoms with E-state index in [0.717, 1.165) is 19.4 Å². The summed E-state index contributed by atoms with van der Waals surface area (Å²) in [6.07, 6.45) is 2.20. The van der Waals surface area contributed by atoms with E-state index in [4.69, 9.17) is 0 Å². The second-order valence-electron chi connectivity index (χ2n) is 4.39. The molecule has 5 heteroatoms. The molecule has 0 saturated heterocycles. The van der Waals surface area contributed by atoms with Crippen molar-refractivity contribution in [2.45, 2.75) is 26.7 Å². The van der Waals surface area contributed by atoms with Crippen molar-refractivity contribution < 1.29 is 8.42 Å². The van der Waals surface area contributed by atoms with E-state index in [1.807, 2.05) is 0 Å². The summed E-state index contributed by atoms with van der Waals surface area (Å²) >= 11 is 0. The summed E-state index contributed by atoms with van der Waals surface area (Å²) in [6, 6.07) is 0. The second-order valence-corrected chi connectivity index (χ2v) is 6.32. The van der Waals surface area contributed by atoms with Gasteiger partial charge in [-0.25, -0.2) is 13.1 Å². The smallest absolute Gasteiger partial charge is 0.212 e. The summed E-state index contributed by atoms with van der Waals surface area (Å²) in [6.45, 7) is 6.27. The zero-order chi connectivity index (χ0) is 11.3. The van der Waals surface area contributed by atoms with Crippen molar-refractivity contribution in [1.29, 1.82) is 0 Å². The molecule has 0 radical (unpaired) electrons. The molecule has 1 aliphatic carbocycles. The molecule has 0 bridgehead atoms. The zero-order valence-electron chi connectivity index (χ0n) is 9.62. The van der Waals surface area contributed by atoms with E-state index >= 15 is 0 Å². The van der Waals surface area contributed by atoms with Gasteiger partial charge in [-0.15, -0.1) is 0 Å². The zero-order valence-corrected chi connectivity index (χ0v) is 10.4. The van der Waals surface area contributed by atoms with Crippen LogP contribution >= 0.6 is 0 Å². The molecule has 2 N–H and O–H groups in total. The maximum atomic E-state index is 11.5. The minimum Gasteiger partial charge on any atom is -0.316 e. The molecule has 90 valence electrons. The van der Waals surface area contributed by atoms with E-state index in [2.05, 4.69) is 23.9 Å². The predicted molar refractivity (Wildman–Crippen MR) is 62.2 cm³/mol. The van der Waals surface area contributed by atoms with Crippen LogP contribution in [-0.4, -0.2) is 33.8 Å². The van der Waals surface area contributed by atoms with Gasteiger partial charge in [-0.05, 0) is 31.2 Å². The summed E-state index contributed by atoms with van der Waals surface area (Å²) in [5.41, 5.74) is 0. The Morgan fingerprint density at radius 3 is 2.53 bits per heavy atom. The van der Waals surface area contributed by atoms with Crippen molar-refractivity contribution in [2.24, 2.45) is 11.8 Å². The molecule has 0 heterocycles. The molecule has 15 heavy (non-hydrogen) atoms. The Hall–Kier alpha value is -0.130. The molecular weight excluding hydrogens is 212 g/mol. The van der Waals surface area contributed by atoms with Gasteiger partial charge in [0.2, 0.25) is 10.0 Å². The van der Waals surface area contributed by atoms with Crippen LogP contribution in [0.25, 0.3) is 0 Å². The van der Waals surface area contributed by atoms with Crippen LogP contribution in [0.3, 0.4) is 0 Å². The van der Waals surface area contributed by atoms with E-state index < -0.39 is 10.0 Å². The van der Waals surface area contributed by atoms with Crippen molar-refractivity contribution in [2.75, 3.05) is 25.4 Å². The Morgan fingerprint density at radius 1 is 1.33 bits per heavy atom. The number of hydrogen-bond acceptors (Lipinski definition) is 3. The first-order valence-electron chi connectivity index (χ1n) is 5.73. The van der Waals surface area contributed by atoms with Gasteiger partial charge in [0.25, 0.3) is 0 Å². The van der Waals surface area contributed by atoms with E-state index in [1.54, 1.807) is 0 Å². The van der Waals surface area contributed by atoms with Crippen molar-refractivity contribution in [3.8, 4) is 0 Å². The standard InChI is InChI=1S/C10H22N2O2S/c1-3-4-11-5-6-15(13,14)12-8-10-7-9(10)2/h9-12H,3-8H2,1-2H3. The average molecular weight is 234 g/mol. The largest absolute Gasteiger partial charge is 0.316 e. The SMILES string of the molecule is CCCNCCS(=O)(=O)NCC1CC1C. The van der Waals surface area contributed by atoms with E-state index in [0.29, 0.717) is 24.9 Å². The Kier molecular flexibility index (Phi) is 5.02. The van der Waals surface area contributed by atoms with Gasteiger partial charge < -0.3 is 5.32 Å². The topological polar surface area (TPSA) is 58.2 Å². The first-order chi connectivity index (χ1) is 7.05. The number of nitrogens with one attached hydrogen (secondary N) is 2. The fraction of sp³-hybridized carbons (Fsp3) is 1.00. The van der Waals surface area contributed by atoms with Gasteiger partial charge in [-0.3, -0.25) is 0 Å². The Balaban J connectivity index is 2.09. The summed E-state index contributed by atoms with van der Waals surface area (Å²) in [4.78, 5) is 0. The molecule has 2 unspecified atom stereocenters. The molecule has 4 nitrogen and oxygen atoms in total. The highest BCUT2D eigenvalue weighted by atomic mass is 32.2. The molecule has 0 aromatic rings. The lowest BCUT2D eigenvalue weighted by molar-refractivity contribution is 0.569. The third-order valence-corrected chi connectivity index (χ3v) is 4.16. The van der Waals surface area contributed by atoms with Crippen LogP contribution in [0.2, 0.25) is 0 Å². The molecule has 0 spiro atoms. The van der Waals surface area contributed by atoms with Crippen LogP contribution in [0.15, 0.2) is 0 Å². The van der Waals surface area contributed by atoms with Crippen LogP contribution in [0.4, 0.5) is 0 Å². The van der Waals surface area contributed by atoms with Crippen molar-refractivity contribution >= 4 is 10.0 Å². The molecule has 0 aromatic carbocycles. The maximum Gasteiger partial charge on any atom is 0.212 e. The summed E-state index contributed by atoms with van der Waals surface area (Å²) in [5, 5.41) is 3.08. The van der Waals surface area contributed by atoms with Crippen molar-refractivity contribution in [3.05, 3.63) is 0 Å². The van der Waals surface area contributed by atoms with Crippen LogP contribution in [0, 0.1) is 11.8 Å². The molecule has 1 aliphatic rings. The third-order valence-electron chi connectivity index (χ3n) is 2.82. The lowest BCUT2D eigenvalue weighted by atomic mass is 10.3. The fourth-order valence-corrected chi connectivity index (χ4v) is 2.52. The van der Waals surface area contributed by atoms with E-state index in [-0.39, 0.29) is 5.75 Å². The Bertz CT molecular complexity index is 277. The van der Waals surface area contributed by atoms with Gasteiger partial charge in [0.1, 0.15) is 0 Å². The van der Waals surface area contributed by atoms with Gasteiger partial charge in [0, 0.05) is 13.1 Å². The highest BCUT2D eigenvalue weighted by Gasteiger charge is 2.32. The van der Waals surface area contributed by atoms with Crippen molar-refractivity contribution in [3.63, 3.8) is 0 Å². The van der Waals surface area contributed by atoms with E-state index in [1.165, 1.54) is 0 Å². The normalized spacial score (nSPS) is 25.5. The monoisotopic (exact) mass is 234 g/mol. The fourth-order valence-electron chi connectivity index (χ4n) is 1.50. The minimum atomic E-state index is -3.05. The van der Waals surface area contributed by atoms with Crippen LogP contribution in [0.5, 0.6) is 0 Å². The highest BCUT2D eigenvalue weighted by Crippen LogP contribution is 2.36. The summed E-state index contributed by atoms with van der Waals surface area (Å²) in [7, 11) is -3.05. The molecular formula is C10H22N2O2S. The van der Waals surface area contributed by atoms with Gasteiger partial charge in [-0.2, -0.15) is 0 Å².